The first-order valence-electron chi connectivity index (χ1n) is 6.35. The highest BCUT2D eigenvalue weighted by Gasteiger charge is 2.32. The van der Waals surface area contributed by atoms with Gasteiger partial charge in [-0.05, 0) is 34.8 Å². The predicted octanol–water partition coefficient (Wildman–Crippen LogP) is 2.99. The van der Waals surface area contributed by atoms with Crippen LogP contribution in [-0.2, 0) is 11.3 Å². The smallest absolute Gasteiger partial charge is 0.0702 e. The van der Waals surface area contributed by atoms with Gasteiger partial charge < -0.3 is 10.1 Å². The summed E-state index contributed by atoms with van der Waals surface area (Å²) in [4.78, 5) is 0. The molecule has 0 spiro atoms. The number of nitrogens with zero attached hydrogens (tertiary/aromatic N) is 2. The molecule has 18 heavy (non-hydrogen) atoms. The van der Waals surface area contributed by atoms with Gasteiger partial charge in [-0.15, -0.1) is 0 Å². The lowest BCUT2D eigenvalue weighted by atomic mass is 9.80. The summed E-state index contributed by atoms with van der Waals surface area (Å²) in [7, 11) is 3.71. The fourth-order valence-electron chi connectivity index (χ4n) is 2.12. The molecule has 0 saturated heterocycles. The second-order valence-electron chi connectivity index (χ2n) is 5.16. The second-order valence-corrected chi connectivity index (χ2v) is 6.01. The normalized spacial score (nSPS) is 13.9. The third-order valence-electron chi connectivity index (χ3n) is 3.60. The Morgan fingerprint density at radius 3 is 2.72 bits per heavy atom. The molecule has 1 heterocycles. The minimum atomic E-state index is 0.169. The Morgan fingerprint density at radius 2 is 2.22 bits per heavy atom. The van der Waals surface area contributed by atoms with Crippen molar-refractivity contribution < 1.29 is 4.74 Å². The molecule has 1 atom stereocenters. The number of ether oxygens (including phenoxy) is 1. The van der Waals surface area contributed by atoms with Gasteiger partial charge in [0.2, 0.25) is 0 Å². The van der Waals surface area contributed by atoms with Crippen LogP contribution < -0.4 is 5.32 Å². The van der Waals surface area contributed by atoms with Crippen molar-refractivity contribution in [1.82, 2.24) is 15.1 Å². The second kappa shape index (κ2) is 6.68. The molecule has 1 N–H and O–H groups in total. The molecule has 0 aliphatic carbocycles. The molecule has 0 bridgehead atoms. The average Bonchev–Trinajstić information content (AvgIpc) is 2.69. The Bertz CT molecular complexity index is 376. The highest BCUT2D eigenvalue weighted by atomic mass is 79.9. The van der Waals surface area contributed by atoms with Crippen LogP contribution in [-0.4, -0.2) is 30.5 Å². The number of rotatable bonds is 7. The fraction of sp³-hybridized carbons (Fsp3) is 0.769. The summed E-state index contributed by atoms with van der Waals surface area (Å²) < 4.78 is 8.21. The Kier molecular flexibility index (Phi) is 5.82. The number of hydrogen-bond acceptors (Lipinski definition) is 3. The van der Waals surface area contributed by atoms with Gasteiger partial charge in [-0.25, -0.2) is 0 Å². The van der Waals surface area contributed by atoms with Crippen LogP contribution in [0.15, 0.2) is 10.7 Å². The van der Waals surface area contributed by atoms with Crippen molar-refractivity contribution in [3.05, 3.63) is 16.4 Å². The molecule has 1 aromatic rings. The predicted molar refractivity (Wildman–Crippen MR) is 77.7 cm³/mol. The highest BCUT2D eigenvalue weighted by molar-refractivity contribution is 9.10. The third-order valence-corrected chi connectivity index (χ3v) is 4.21. The molecule has 0 fully saturated rings. The van der Waals surface area contributed by atoms with Gasteiger partial charge in [-0.2, -0.15) is 5.10 Å². The van der Waals surface area contributed by atoms with Crippen LogP contribution >= 0.6 is 15.9 Å². The van der Waals surface area contributed by atoms with Gasteiger partial charge in [0.05, 0.1) is 35.6 Å². The highest BCUT2D eigenvalue weighted by Crippen LogP contribution is 2.38. The molecule has 0 aliphatic heterocycles. The van der Waals surface area contributed by atoms with E-state index < -0.39 is 0 Å². The Morgan fingerprint density at radius 1 is 1.56 bits per heavy atom. The fourth-order valence-corrected chi connectivity index (χ4v) is 2.64. The zero-order chi connectivity index (χ0) is 13.8. The number of halogens is 1. The summed E-state index contributed by atoms with van der Waals surface area (Å²) in [5, 5.41) is 7.84. The van der Waals surface area contributed by atoms with Crippen molar-refractivity contribution in [2.45, 2.75) is 39.8 Å². The molecule has 5 heteroatoms. The van der Waals surface area contributed by atoms with Crippen molar-refractivity contribution >= 4 is 15.9 Å². The van der Waals surface area contributed by atoms with E-state index in [1.54, 1.807) is 7.11 Å². The van der Waals surface area contributed by atoms with Gasteiger partial charge in [0.15, 0.2) is 0 Å². The maximum atomic E-state index is 5.14. The molecule has 0 radical (unpaired) electrons. The Hall–Kier alpha value is -0.390. The first-order chi connectivity index (χ1) is 8.47. The molecule has 0 aromatic carbocycles. The zero-order valence-electron chi connectivity index (χ0n) is 12.0. The number of methoxy groups -OCH3 is 1. The summed E-state index contributed by atoms with van der Waals surface area (Å²) >= 11 is 3.61. The van der Waals surface area contributed by atoms with Gasteiger partial charge >= 0.3 is 0 Å². The van der Waals surface area contributed by atoms with E-state index in [-0.39, 0.29) is 11.5 Å². The number of aromatic nitrogens is 2. The van der Waals surface area contributed by atoms with Gasteiger partial charge in [0.25, 0.3) is 0 Å². The zero-order valence-corrected chi connectivity index (χ0v) is 13.5. The topological polar surface area (TPSA) is 39.1 Å². The minimum Gasteiger partial charge on any atom is -0.383 e. The molecule has 0 saturated carbocycles. The molecule has 0 aliphatic rings. The van der Waals surface area contributed by atoms with Crippen molar-refractivity contribution in [2.75, 3.05) is 20.8 Å². The van der Waals surface area contributed by atoms with E-state index >= 15 is 0 Å². The molecule has 1 unspecified atom stereocenters. The van der Waals surface area contributed by atoms with Crippen LogP contribution in [0.2, 0.25) is 0 Å². The lowest BCUT2D eigenvalue weighted by molar-refractivity contribution is 0.176. The first-order valence-corrected chi connectivity index (χ1v) is 7.14. The lowest BCUT2D eigenvalue weighted by Gasteiger charge is -2.34. The van der Waals surface area contributed by atoms with Crippen LogP contribution in [0.5, 0.6) is 0 Å². The van der Waals surface area contributed by atoms with E-state index in [0.29, 0.717) is 6.61 Å². The SMILES string of the molecule is CCC(C)(C)C(NC)c1c(Br)cnn1CCOC. The number of nitrogens with one attached hydrogen (secondary N) is 1. The van der Waals surface area contributed by atoms with Gasteiger partial charge in [0, 0.05) is 7.11 Å². The molecular weight excluding hydrogens is 294 g/mol. The van der Waals surface area contributed by atoms with Crippen LogP contribution in [0.3, 0.4) is 0 Å². The largest absolute Gasteiger partial charge is 0.383 e. The van der Waals surface area contributed by atoms with E-state index in [1.807, 2.05) is 17.9 Å². The minimum absolute atomic E-state index is 0.169. The summed E-state index contributed by atoms with van der Waals surface area (Å²) in [5.74, 6) is 0. The molecular formula is C13H24BrN3O. The molecule has 104 valence electrons. The van der Waals surface area contributed by atoms with Crippen LogP contribution in [0.4, 0.5) is 0 Å². The monoisotopic (exact) mass is 317 g/mol. The molecule has 4 nitrogen and oxygen atoms in total. The third kappa shape index (κ3) is 3.33. The van der Waals surface area contributed by atoms with Gasteiger partial charge in [-0.1, -0.05) is 20.8 Å². The molecule has 1 aromatic heterocycles. The molecule has 1 rings (SSSR count). The van der Waals surface area contributed by atoms with E-state index in [2.05, 4.69) is 47.1 Å². The summed E-state index contributed by atoms with van der Waals surface area (Å²) in [6.07, 6.45) is 2.96. The Labute approximate surface area is 118 Å². The maximum absolute atomic E-state index is 5.14. The van der Waals surface area contributed by atoms with E-state index in [1.165, 1.54) is 5.69 Å². The van der Waals surface area contributed by atoms with Crippen LogP contribution in [0, 0.1) is 5.41 Å². The van der Waals surface area contributed by atoms with Crippen molar-refractivity contribution in [3.63, 3.8) is 0 Å². The summed E-state index contributed by atoms with van der Waals surface area (Å²) in [6, 6.07) is 0.260. The van der Waals surface area contributed by atoms with Crippen LogP contribution in [0.1, 0.15) is 38.9 Å². The van der Waals surface area contributed by atoms with E-state index in [0.717, 1.165) is 17.4 Å². The molecule has 0 amide bonds. The Balaban J connectivity index is 3.08. The van der Waals surface area contributed by atoms with Gasteiger partial charge in [0.1, 0.15) is 0 Å². The quantitative estimate of drug-likeness (QED) is 0.840. The lowest BCUT2D eigenvalue weighted by Crippen LogP contribution is -2.34. The van der Waals surface area contributed by atoms with Crippen molar-refractivity contribution in [3.8, 4) is 0 Å². The number of hydrogen-bond donors (Lipinski definition) is 1. The van der Waals surface area contributed by atoms with Crippen LogP contribution in [0.25, 0.3) is 0 Å². The maximum Gasteiger partial charge on any atom is 0.0702 e. The summed E-state index contributed by atoms with van der Waals surface area (Å²) in [6.45, 7) is 8.20. The van der Waals surface area contributed by atoms with E-state index in [4.69, 9.17) is 4.74 Å². The van der Waals surface area contributed by atoms with Crippen molar-refractivity contribution in [1.29, 1.82) is 0 Å². The average molecular weight is 318 g/mol. The first kappa shape index (κ1) is 15.7. The van der Waals surface area contributed by atoms with Crippen molar-refractivity contribution in [2.24, 2.45) is 5.41 Å². The van der Waals surface area contributed by atoms with E-state index in [9.17, 15) is 0 Å². The van der Waals surface area contributed by atoms with Gasteiger partial charge in [-0.3, -0.25) is 4.68 Å². The standard InChI is InChI=1S/C13H24BrN3O/c1-6-13(2,3)12(15-4)11-10(14)9-16-17(11)7-8-18-5/h9,12,15H,6-8H2,1-5H3. The summed E-state index contributed by atoms with van der Waals surface area (Å²) in [5.41, 5.74) is 1.36.